The summed E-state index contributed by atoms with van der Waals surface area (Å²) in [6.07, 6.45) is 12.1. The van der Waals surface area contributed by atoms with Crippen LogP contribution in [-0.2, 0) is 4.79 Å². The lowest BCUT2D eigenvalue weighted by molar-refractivity contribution is -0.111. The summed E-state index contributed by atoms with van der Waals surface area (Å²) >= 11 is 1.39. The van der Waals surface area contributed by atoms with Gasteiger partial charge in [0.05, 0.1) is 56.7 Å². The van der Waals surface area contributed by atoms with Crippen LogP contribution in [0, 0.1) is 0 Å². The van der Waals surface area contributed by atoms with Gasteiger partial charge in [0.15, 0.2) is 0 Å². The minimum atomic E-state index is -0.525. The number of hydrogen-bond acceptors (Lipinski definition) is 6. The van der Waals surface area contributed by atoms with Crippen molar-refractivity contribution < 1.29 is 4.79 Å². The van der Waals surface area contributed by atoms with Gasteiger partial charge in [0.1, 0.15) is 0 Å². The maximum atomic E-state index is 14.3. The fourth-order valence-electron chi connectivity index (χ4n) is 8.23. The molecule has 0 saturated heterocycles. The van der Waals surface area contributed by atoms with Crippen molar-refractivity contribution >= 4 is 109 Å². The van der Waals surface area contributed by atoms with Gasteiger partial charge in [-0.3, -0.25) is 4.79 Å². The number of carbonyl (C=O) groups is 1. The van der Waals surface area contributed by atoms with Crippen molar-refractivity contribution in [3.63, 3.8) is 0 Å². The van der Waals surface area contributed by atoms with Gasteiger partial charge in [-0.15, -0.1) is 0 Å². The van der Waals surface area contributed by atoms with Crippen LogP contribution in [-0.4, -0.2) is 45.0 Å². The SMILES string of the molecule is O=C1SC2C3=C(c4cc5ccc(cc6ccc(cc7nc(cc3n4)C=C7)[nH]6)[nH]5)C1c1c2c2cc3nc(cc4nc(cc5ccc(cc1[nH]2)[nH]5)C=C4)C=C3. The smallest absolute Gasteiger partial charge is 0.201 e. The zero-order chi connectivity index (χ0) is 34.8. The Balaban J connectivity index is 1.15. The summed E-state index contributed by atoms with van der Waals surface area (Å²) in [6, 6.07) is 28.8. The first-order chi connectivity index (χ1) is 26.0. The molecule has 2 unspecified atom stereocenters. The molecule has 0 fully saturated rings. The minimum absolute atomic E-state index is 0.119. The fraction of sp³-hybridized carbons (Fsp3) is 0.0465. The van der Waals surface area contributed by atoms with Gasteiger partial charge in [0.2, 0.25) is 5.12 Å². The molecule has 0 aromatic carbocycles. The zero-order valence-electron chi connectivity index (χ0n) is 27.8. The molecule has 12 heterocycles. The molecule has 0 amide bonds. The Bertz CT molecular complexity index is 3150. The molecule has 18 bridgehead atoms. The first kappa shape index (κ1) is 28.9. The van der Waals surface area contributed by atoms with E-state index in [4.69, 9.17) is 19.9 Å². The normalized spacial score (nSPS) is 17.8. The van der Waals surface area contributed by atoms with Gasteiger partial charge in [-0.25, -0.2) is 19.9 Å². The number of nitrogens with one attached hydrogen (secondary N) is 4. The Labute approximate surface area is 305 Å². The number of thioether (sulfide) groups is 1. The number of allylic oxidation sites excluding steroid dienone is 1. The van der Waals surface area contributed by atoms with Crippen molar-refractivity contribution in [2.75, 3.05) is 0 Å². The predicted octanol–water partition coefficient (Wildman–Crippen LogP) is 9.48. The second-order valence-corrected chi connectivity index (χ2v) is 15.0. The van der Waals surface area contributed by atoms with Crippen molar-refractivity contribution in [2.24, 2.45) is 0 Å². The largest absolute Gasteiger partial charge is 0.355 e. The number of carbonyl (C=O) groups excluding carboxylic acids is 1. The molecule has 6 aromatic heterocycles. The number of hydrogen-bond donors (Lipinski definition) is 4. The van der Waals surface area contributed by atoms with Gasteiger partial charge in [-0.05, 0) is 127 Å². The molecule has 1 aliphatic carbocycles. The molecule has 0 radical (unpaired) electrons. The molecule has 9 nitrogen and oxygen atoms in total. The van der Waals surface area contributed by atoms with Crippen LogP contribution >= 0.6 is 11.8 Å². The van der Waals surface area contributed by atoms with E-state index < -0.39 is 5.92 Å². The molecule has 4 N–H and O–H groups in total. The van der Waals surface area contributed by atoms with E-state index in [0.29, 0.717) is 0 Å². The van der Waals surface area contributed by atoms with E-state index >= 15 is 0 Å². The lowest BCUT2D eigenvalue weighted by atomic mass is 9.77. The summed E-state index contributed by atoms with van der Waals surface area (Å²) in [4.78, 5) is 48.6. The standard InChI is InChI=1S/C43H26N8OS/c52-43-41-37-33-17-29-9-5-25(46-29)13-21-1-3-23(44-21)15-27-7-11-31(48-27)19-35(50-33)39(37)42(53-43)40-36-20-32-12-8-28(49-32)16-24-4-2-22(45-24)14-26-6-10-30(47-26)18-34(51-36)38(40)41/h1-20,41-42,44,46-47,51H. The number of aromatic nitrogens is 8. The average molecular weight is 703 g/mol. The topological polar surface area (TPSA) is 132 Å². The third-order valence-electron chi connectivity index (χ3n) is 10.4. The van der Waals surface area contributed by atoms with E-state index in [2.05, 4.69) is 86.7 Å². The maximum absolute atomic E-state index is 14.3. The third-order valence-corrected chi connectivity index (χ3v) is 11.6. The zero-order valence-corrected chi connectivity index (χ0v) is 28.6. The Morgan fingerprint density at radius 1 is 0.434 bits per heavy atom. The van der Waals surface area contributed by atoms with Gasteiger partial charge in [-0.1, -0.05) is 11.8 Å². The Morgan fingerprint density at radius 3 is 1.53 bits per heavy atom. The van der Waals surface area contributed by atoms with Gasteiger partial charge >= 0.3 is 0 Å². The van der Waals surface area contributed by atoms with Crippen LogP contribution in [0.4, 0.5) is 0 Å². The van der Waals surface area contributed by atoms with E-state index in [1.54, 1.807) is 0 Å². The third kappa shape index (κ3) is 4.62. The summed E-state index contributed by atoms with van der Waals surface area (Å²) in [5.74, 6) is -0.525. The molecule has 53 heavy (non-hydrogen) atoms. The summed E-state index contributed by atoms with van der Waals surface area (Å²) in [5.41, 5.74) is 18.3. The number of fused-ring (bicyclic) bond motifs is 17. The maximum Gasteiger partial charge on any atom is 0.201 e. The first-order valence-corrected chi connectivity index (χ1v) is 18.3. The van der Waals surface area contributed by atoms with Crippen molar-refractivity contribution in [2.45, 2.75) is 11.2 Å². The predicted molar refractivity (Wildman–Crippen MR) is 214 cm³/mol. The van der Waals surface area contributed by atoms with Crippen LogP contribution in [0.5, 0.6) is 0 Å². The van der Waals surface area contributed by atoms with Crippen molar-refractivity contribution in [3.8, 4) is 0 Å². The van der Waals surface area contributed by atoms with E-state index in [0.717, 1.165) is 112 Å². The molecule has 0 saturated carbocycles. The molecule has 2 atom stereocenters. The highest BCUT2D eigenvalue weighted by molar-refractivity contribution is 8.14. The van der Waals surface area contributed by atoms with Gasteiger partial charge < -0.3 is 19.9 Å². The second-order valence-electron chi connectivity index (χ2n) is 13.9. The van der Waals surface area contributed by atoms with Crippen LogP contribution in [0.3, 0.4) is 0 Å². The number of rotatable bonds is 0. The number of nitrogens with zero attached hydrogens (tertiary/aromatic N) is 4. The van der Waals surface area contributed by atoms with Crippen LogP contribution in [0.15, 0.2) is 84.9 Å². The lowest BCUT2D eigenvalue weighted by Gasteiger charge is -2.36. The van der Waals surface area contributed by atoms with Crippen LogP contribution in [0.1, 0.15) is 67.8 Å². The Morgan fingerprint density at radius 2 is 0.906 bits per heavy atom. The van der Waals surface area contributed by atoms with E-state index in [9.17, 15) is 4.79 Å². The summed E-state index contributed by atoms with van der Waals surface area (Å²) in [5, 5.41) is -0.161. The van der Waals surface area contributed by atoms with Crippen molar-refractivity contribution in [1.29, 1.82) is 0 Å². The molecule has 7 aliphatic rings. The van der Waals surface area contributed by atoms with Crippen molar-refractivity contribution in [3.05, 3.63) is 142 Å². The van der Waals surface area contributed by atoms with Crippen LogP contribution in [0.2, 0.25) is 0 Å². The van der Waals surface area contributed by atoms with Crippen molar-refractivity contribution in [1.82, 2.24) is 39.9 Å². The Hall–Kier alpha value is -6.78. The second kappa shape index (κ2) is 10.6. The summed E-state index contributed by atoms with van der Waals surface area (Å²) < 4.78 is 0. The molecular formula is C43H26N8OS. The lowest BCUT2D eigenvalue weighted by Crippen LogP contribution is -2.25. The molecule has 6 aliphatic heterocycles. The molecule has 250 valence electrons. The summed E-state index contributed by atoms with van der Waals surface area (Å²) in [6.45, 7) is 0. The van der Waals surface area contributed by atoms with Crippen LogP contribution < -0.4 is 0 Å². The number of H-pyrrole nitrogens is 4. The molecule has 10 heteroatoms. The number of aromatic amines is 4. The quantitative estimate of drug-likeness (QED) is 0.125. The molecule has 6 aromatic rings. The first-order valence-electron chi connectivity index (χ1n) is 17.5. The van der Waals surface area contributed by atoms with Gasteiger partial charge in [0.25, 0.3) is 0 Å². The van der Waals surface area contributed by atoms with E-state index in [1.165, 1.54) is 11.8 Å². The summed E-state index contributed by atoms with van der Waals surface area (Å²) in [7, 11) is 0. The molecular weight excluding hydrogens is 677 g/mol. The van der Waals surface area contributed by atoms with Crippen LogP contribution in [0.25, 0.3) is 91.7 Å². The average Bonchev–Trinajstić information content (AvgIpc) is 3.98. The molecule has 13 rings (SSSR count). The monoisotopic (exact) mass is 702 g/mol. The van der Waals surface area contributed by atoms with E-state index in [1.807, 2.05) is 54.7 Å². The highest BCUT2D eigenvalue weighted by atomic mass is 32.2. The highest BCUT2D eigenvalue weighted by Gasteiger charge is 2.50. The van der Waals surface area contributed by atoms with E-state index in [-0.39, 0.29) is 10.4 Å². The highest BCUT2D eigenvalue weighted by Crippen LogP contribution is 2.64. The minimum Gasteiger partial charge on any atom is -0.355 e. The molecule has 0 spiro atoms. The Kier molecular flexibility index (Phi) is 5.79. The fourth-order valence-corrected chi connectivity index (χ4v) is 9.57. The van der Waals surface area contributed by atoms with Gasteiger partial charge in [-0.2, -0.15) is 0 Å². The van der Waals surface area contributed by atoms with Gasteiger partial charge in [0, 0.05) is 60.8 Å².